The van der Waals surface area contributed by atoms with Gasteiger partial charge in [0.15, 0.2) is 0 Å². The number of hydrogen-bond donors (Lipinski definition) is 1. The fraction of sp³-hybridized carbons (Fsp3) is 0.296. The molecule has 1 saturated heterocycles. The molecular formula is C27H30N4O3. The summed E-state index contributed by atoms with van der Waals surface area (Å²) < 4.78 is 7.13. The van der Waals surface area contributed by atoms with E-state index in [1.807, 2.05) is 56.3 Å². The standard InChI is InChI=1S/C27H30N4O3/c1-4-34-27(33)22-9-13-25(14-10-22)31-19(2)17-23(20(31)3)18-28-29-26(32)21-7-11-24(12-8-21)30-15-5-6-16-30/h7-14,17-18H,4-6,15-16H2,1-3H3,(H,29,32)/b28-18-. The van der Waals surface area contributed by atoms with Gasteiger partial charge in [0.2, 0.25) is 0 Å². The zero-order chi connectivity index (χ0) is 24.1. The number of amides is 1. The largest absolute Gasteiger partial charge is 0.462 e. The molecule has 0 aliphatic carbocycles. The molecule has 0 bridgehead atoms. The van der Waals surface area contributed by atoms with Gasteiger partial charge in [-0.2, -0.15) is 5.10 Å². The molecule has 0 radical (unpaired) electrons. The number of anilines is 1. The summed E-state index contributed by atoms with van der Waals surface area (Å²) in [6.45, 7) is 8.28. The molecule has 4 rings (SSSR count). The van der Waals surface area contributed by atoms with Crippen molar-refractivity contribution in [1.82, 2.24) is 9.99 Å². The Labute approximate surface area is 200 Å². The lowest BCUT2D eigenvalue weighted by Gasteiger charge is -2.17. The van der Waals surface area contributed by atoms with Crippen LogP contribution in [-0.2, 0) is 4.74 Å². The number of hydrazone groups is 1. The minimum absolute atomic E-state index is 0.243. The maximum atomic E-state index is 12.5. The van der Waals surface area contributed by atoms with Crippen molar-refractivity contribution in [2.45, 2.75) is 33.6 Å². The topological polar surface area (TPSA) is 75.9 Å². The van der Waals surface area contributed by atoms with E-state index in [4.69, 9.17) is 4.74 Å². The summed E-state index contributed by atoms with van der Waals surface area (Å²) in [4.78, 5) is 26.7. The normalized spacial score (nSPS) is 13.4. The fourth-order valence-corrected chi connectivity index (χ4v) is 4.30. The van der Waals surface area contributed by atoms with Gasteiger partial charge < -0.3 is 14.2 Å². The number of carbonyl (C=O) groups is 2. The average Bonchev–Trinajstić information content (AvgIpc) is 3.48. The number of aryl methyl sites for hydroxylation is 1. The van der Waals surface area contributed by atoms with Crippen LogP contribution in [0.2, 0.25) is 0 Å². The fourth-order valence-electron chi connectivity index (χ4n) is 4.30. The monoisotopic (exact) mass is 458 g/mol. The molecule has 7 nitrogen and oxygen atoms in total. The van der Waals surface area contributed by atoms with Crippen molar-refractivity contribution < 1.29 is 14.3 Å². The molecule has 1 aliphatic rings. The number of benzene rings is 2. The van der Waals surface area contributed by atoms with Crippen LogP contribution in [0, 0.1) is 13.8 Å². The Bertz CT molecular complexity index is 1190. The summed E-state index contributed by atoms with van der Waals surface area (Å²) in [6.07, 6.45) is 4.09. The molecule has 176 valence electrons. The van der Waals surface area contributed by atoms with Gasteiger partial charge in [0.25, 0.3) is 5.91 Å². The van der Waals surface area contributed by atoms with Crippen LogP contribution in [0.1, 0.15) is 57.4 Å². The molecule has 1 fully saturated rings. The smallest absolute Gasteiger partial charge is 0.338 e. The molecule has 0 unspecified atom stereocenters. The number of nitrogens with zero attached hydrogens (tertiary/aromatic N) is 3. The molecule has 0 atom stereocenters. The van der Waals surface area contributed by atoms with Crippen molar-refractivity contribution in [2.75, 3.05) is 24.6 Å². The van der Waals surface area contributed by atoms with Crippen molar-refractivity contribution in [2.24, 2.45) is 5.10 Å². The van der Waals surface area contributed by atoms with E-state index in [9.17, 15) is 9.59 Å². The minimum atomic E-state index is -0.329. The molecule has 1 aromatic heterocycles. The summed E-state index contributed by atoms with van der Waals surface area (Å²) in [5, 5.41) is 4.18. The Morgan fingerprint density at radius 3 is 2.24 bits per heavy atom. The molecule has 2 heterocycles. The highest BCUT2D eigenvalue weighted by Crippen LogP contribution is 2.21. The third-order valence-corrected chi connectivity index (χ3v) is 6.08. The van der Waals surface area contributed by atoms with E-state index in [1.54, 1.807) is 25.3 Å². The first-order valence-corrected chi connectivity index (χ1v) is 11.6. The van der Waals surface area contributed by atoms with Gasteiger partial charge in [-0.15, -0.1) is 0 Å². The number of hydrogen-bond acceptors (Lipinski definition) is 5. The Kier molecular flexibility index (Phi) is 7.11. The van der Waals surface area contributed by atoms with Crippen LogP contribution in [0.5, 0.6) is 0 Å². The predicted molar refractivity (Wildman–Crippen MR) is 134 cm³/mol. The van der Waals surface area contributed by atoms with Gasteiger partial charge in [0.1, 0.15) is 0 Å². The quantitative estimate of drug-likeness (QED) is 0.318. The molecule has 1 N–H and O–H groups in total. The van der Waals surface area contributed by atoms with Crippen molar-refractivity contribution in [3.8, 4) is 5.69 Å². The van der Waals surface area contributed by atoms with Crippen LogP contribution in [0.4, 0.5) is 5.69 Å². The maximum absolute atomic E-state index is 12.5. The van der Waals surface area contributed by atoms with E-state index < -0.39 is 0 Å². The summed E-state index contributed by atoms with van der Waals surface area (Å²) in [6, 6.07) is 17.0. The van der Waals surface area contributed by atoms with Gasteiger partial charge in [-0.3, -0.25) is 4.79 Å². The first-order valence-electron chi connectivity index (χ1n) is 11.6. The Balaban J connectivity index is 1.42. The van der Waals surface area contributed by atoms with Crippen LogP contribution < -0.4 is 10.3 Å². The molecule has 7 heteroatoms. The Morgan fingerprint density at radius 1 is 0.971 bits per heavy atom. The van der Waals surface area contributed by atoms with E-state index in [0.717, 1.165) is 41.4 Å². The zero-order valence-electron chi connectivity index (χ0n) is 19.9. The van der Waals surface area contributed by atoms with Gasteiger partial charge in [-0.25, -0.2) is 10.2 Å². The third-order valence-electron chi connectivity index (χ3n) is 6.08. The summed E-state index contributed by atoms with van der Waals surface area (Å²) in [7, 11) is 0. The predicted octanol–water partition coefficient (Wildman–Crippen LogP) is 4.63. The first-order chi connectivity index (χ1) is 16.5. The number of rotatable bonds is 7. The zero-order valence-corrected chi connectivity index (χ0v) is 19.9. The molecule has 3 aromatic rings. The second kappa shape index (κ2) is 10.4. The second-order valence-electron chi connectivity index (χ2n) is 8.37. The van der Waals surface area contributed by atoms with E-state index in [-0.39, 0.29) is 11.9 Å². The highest BCUT2D eigenvalue weighted by molar-refractivity contribution is 5.95. The number of aromatic nitrogens is 1. The van der Waals surface area contributed by atoms with Crippen molar-refractivity contribution in [1.29, 1.82) is 0 Å². The van der Waals surface area contributed by atoms with E-state index >= 15 is 0 Å². The SMILES string of the molecule is CCOC(=O)c1ccc(-n2c(C)cc(/C=N\NC(=O)c3ccc(N4CCCC4)cc3)c2C)cc1. The van der Waals surface area contributed by atoms with Crippen molar-refractivity contribution in [3.63, 3.8) is 0 Å². The molecule has 0 saturated carbocycles. The van der Waals surface area contributed by atoms with Gasteiger partial charge in [0, 0.05) is 47.0 Å². The van der Waals surface area contributed by atoms with Crippen LogP contribution in [-0.4, -0.2) is 42.4 Å². The van der Waals surface area contributed by atoms with Gasteiger partial charge >= 0.3 is 5.97 Å². The third kappa shape index (κ3) is 5.03. The summed E-state index contributed by atoms with van der Waals surface area (Å²) >= 11 is 0. The van der Waals surface area contributed by atoms with Crippen molar-refractivity contribution >= 4 is 23.8 Å². The lowest BCUT2D eigenvalue weighted by Crippen LogP contribution is -2.19. The minimum Gasteiger partial charge on any atom is -0.462 e. The molecule has 0 spiro atoms. The molecule has 1 amide bonds. The first kappa shape index (κ1) is 23.3. The molecule has 1 aliphatic heterocycles. The lowest BCUT2D eigenvalue weighted by atomic mass is 10.2. The van der Waals surface area contributed by atoms with Crippen LogP contribution in [0.25, 0.3) is 5.69 Å². The highest BCUT2D eigenvalue weighted by Gasteiger charge is 2.14. The number of nitrogens with one attached hydrogen (secondary N) is 1. The highest BCUT2D eigenvalue weighted by atomic mass is 16.5. The molecule has 34 heavy (non-hydrogen) atoms. The Morgan fingerprint density at radius 2 is 1.59 bits per heavy atom. The van der Waals surface area contributed by atoms with Gasteiger partial charge in [-0.05, 0) is 88.2 Å². The number of esters is 1. The molecular weight excluding hydrogens is 428 g/mol. The lowest BCUT2D eigenvalue weighted by molar-refractivity contribution is 0.0526. The average molecular weight is 459 g/mol. The van der Waals surface area contributed by atoms with Crippen molar-refractivity contribution in [3.05, 3.63) is 82.7 Å². The van der Waals surface area contributed by atoms with Crippen LogP contribution in [0.15, 0.2) is 59.7 Å². The summed E-state index contributed by atoms with van der Waals surface area (Å²) in [5.41, 5.74) is 8.70. The Hall–Kier alpha value is -3.87. The maximum Gasteiger partial charge on any atom is 0.338 e. The summed E-state index contributed by atoms with van der Waals surface area (Å²) in [5.74, 6) is -0.572. The van der Waals surface area contributed by atoms with Gasteiger partial charge in [0.05, 0.1) is 18.4 Å². The van der Waals surface area contributed by atoms with Crippen LogP contribution >= 0.6 is 0 Å². The van der Waals surface area contributed by atoms with Crippen LogP contribution in [0.3, 0.4) is 0 Å². The van der Waals surface area contributed by atoms with Gasteiger partial charge in [-0.1, -0.05) is 0 Å². The van der Waals surface area contributed by atoms with E-state index in [2.05, 4.69) is 20.0 Å². The number of ether oxygens (including phenoxy) is 1. The second-order valence-corrected chi connectivity index (χ2v) is 8.37. The number of carbonyl (C=O) groups excluding carboxylic acids is 2. The molecule has 2 aromatic carbocycles. The van der Waals surface area contributed by atoms with E-state index in [0.29, 0.717) is 17.7 Å². The van der Waals surface area contributed by atoms with E-state index in [1.165, 1.54) is 12.8 Å².